The third-order valence-corrected chi connectivity index (χ3v) is 4.61. The molecule has 0 saturated carbocycles. The van der Waals surface area contributed by atoms with Crippen LogP contribution in [0.2, 0.25) is 0 Å². The molecule has 0 amide bonds. The van der Waals surface area contributed by atoms with Crippen LogP contribution in [-0.4, -0.2) is 4.98 Å². The largest absolute Gasteiger partial charge is 0.255 e. The SMILES string of the molecule is CC(C)(C)c1ccc2ncc(Br)c(Br)c2c1. The van der Waals surface area contributed by atoms with Gasteiger partial charge in [-0.3, -0.25) is 4.98 Å². The predicted octanol–water partition coefficient (Wildman–Crippen LogP) is 5.06. The van der Waals surface area contributed by atoms with E-state index in [2.05, 4.69) is 75.8 Å². The van der Waals surface area contributed by atoms with Crippen LogP contribution in [0, 0.1) is 0 Å². The summed E-state index contributed by atoms with van der Waals surface area (Å²) in [5.74, 6) is 0. The highest BCUT2D eigenvalue weighted by Crippen LogP contribution is 2.33. The van der Waals surface area contributed by atoms with Crippen molar-refractivity contribution in [2.45, 2.75) is 26.2 Å². The maximum atomic E-state index is 4.39. The molecule has 1 heterocycles. The van der Waals surface area contributed by atoms with Crippen LogP contribution < -0.4 is 0 Å². The van der Waals surface area contributed by atoms with Gasteiger partial charge in [0.2, 0.25) is 0 Å². The molecule has 16 heavy (non-hydrogen) atoms. The number of hydrogen-bond acceptors (Lipinski definition) is 1. The Morgan fingerprint density at radius 3 is 2.44 bits per heavy atom. The molecule has 84 valence electrons. The lowest BCUT2D eigenvalue weighted by molar-refractivity contribution is 0.591. The van der Waals surface area contributed by atoms with E-state index in [1.165, 1.54) is 5.56 Å². The Balaban J connectivity index is 2.74. The summed E-state index contributed by atoms with van der Waals surface area (Å²) in [6, 6.07) is 6.43. The topological polar surface area (TPSA) is 12.9 Å². The number of benzene rings is 1. The predicted molar refractivity (Wildman–Crippen MR) is 75.8 cm³/mol. The lowest BCUT2D eigenvalue weighted by atomic mass is 9.86. The van der Waals surface area contributed by atoms with E-state index in [1.54, 1.807) is 0 Å². The lowest BCUT2D eigenvalue weighted by Crippen LogP contribution is -2.10. The van der Waals surface area contributed by atoms with E-state index in [1.807, 2.05) is 6.20 Å². The fourth-order valence-electron chi connectivity index (χ4n) is 1.60. The van der Waals surface area contributed by atoms with Crippen molar-refractivity contribution in [2.75, 3.05) is 0 Å². The molecule has 1 aromatic heterocycles. The summed E-state index contributed by atoms with van der Waals surface area (Å²) in [6.07, 6.45) is 1.82. The van der Waals surface area contributed by atoms with Crippen molar-refractivity contribution in [2.24, 2.45) is 0 Å². The molecule has 2 rings (SSSR count). The van der Waals surface area contributed by atoms with E-state index < -0.39 is 0 Å². The van der Waals surface area contributed by atoms with Crippen molar-refractivity contribution in [3.05, 3.63) is 38.9 Å². The summed E-state index contributed by atoms with van der Waals surface area (Å²) in [6.45, 7) is 6.65. The van der Waals surface area contributed by atoms with Crippen molar-refractivity contribution >= 4 is 42.8 Å². The number of pyridine rings is 1. The van der Waals surface area contributed by atoms with Crippen molar-refractivity contribution < 1.29 is 0 Å². The Labute approximate surface area is 113 Å². The molecule has 0 fully saturated rings. The molecule has 0 radical (unpaired) electrons. The third-order valence-electron chi connectivity index (χ3n) is 2.63. The van der Waals surface area contributed by atoms with Gasteiger partial charge in [0, 0.05) is 16.1 Å². The van der Waals surface area contributed by atoms with Gasteiger partial charge < -0.3 is 0 Å². The second kappa shape index (κ2) is 4.11. The van der Waals surface area contributed by atoms with Crippen LogP contribution in [0.5, 0.6) is 0 Å². The highest BCUT2D eigenvalue weighted by atomic mass is 79.9. The minimum absolute atomic E-state index is 0.163. The second-order valence-corrected chi connectivity index (χ2v) is 6.55. The first-order valence-corrected chi connectivity index (χ1v) is 6.72. The Morgan fingerprint density at radius 1 is 1.12 bits per heavy atom. The quantitative estimate of drug-likeness (QED) is 0.652. The van der Waals surface area contributed by atoms with Crippen molar-refractivity contribution in [1.82, 2.24) is 4.98 Å². The molecule has 0 atom stereocenters. The van der Waals surface area contributed by atoms with Gasteiger partial charge in [0.25, 0.3) is 0 Å². The van der Waals surface area contributed by atoms with Gasteiger partial charge in [0.15, 0.2) is 0 Å². The second-order valence-electron chi connectivity index (χ2n) is 4.90. The summed E-state index contributed by atoms with van der Waals surface area (Å²) in [7, 11) is 0. The van der Waals surface area contributed by atoms with Crippen molar-refractivity contribution in [1.29, 1.82) is 0 Å². The maximum Gasteiger partial charge on any atom is 0.0714 e. The normalized spacial score (nSPS) is 12.1. The Bertz CT molecular complexity index is 541. The molecule has 0 saturated heterocycles. The smallest absolute Gasteiger partial charge is 0.0714 e. The molecule has 0 N–H and O–H groups in total. The van der Waals surface area contributed by atoms with Crippen LogP contribution in [0.1, 0.15) is 26.3 Å². The van der Waals surface area contributed by atoms with E-state index >= 15 is 0 Å². The monoisotopic (exact) mass is 341 g/mol. The highest BCUT2D eigenvalue weighted by Gasteiger charge is 2.15. The average molecular weight is 343 g/mol. The molecule has 0 aliphatic heterocycles. The maximum absolute atomic E-state index is 4.39. The van der Waals surface area contributed by atoms with Crippen molar-refractivity contribution in [3.63, 3.8) is 0 Å². The van der Waals surface area contributed by atoms with E-state index in [0.717, 1.165) is 19.8 Å². The first-order valence-electron chi connectivity index (χ1n) is 5.14. The third kappa shape index (κ3) is 2.16. The average Bonchev–Trinajstić information content (AvgIpc) is 2.22. The number of hydrogen-bond donors (Lipinski definition) is 0. The molecule has 0 aliphatic carbocycles. The fraction of sp³-hybridized carbons (Fsp3) is 0.308. The molecule has 3 heteroatoms. The van der Waals surface area contributed by atoms with Gasteiger partial charge in [-0.05, 0) is 55.0 Å². The van der Waals surface area contributed by atoms with Gasteiger partial charge >= 0.3 is 0 Å². The van der Waals surface area contributed by atoms with Gasteiger partial charge in [-0.25, -0.2) is 0 Å². The van der Waals surface area contributed by atoms with Gasteiger partial charge in [0.05, 0.1) is 9.99 Å². The minimum atomic E-state index is 0.163. The minimum Gasteiger partial charge on any atom is -0.255 e. The standard InChI is InChI=1S/C13H13Br2N/c1-13(2,3)8-4-5-11-9(6-8)12(15)10(14)7-16-11/h4-7H,1-3H3. The van der Waals surface area contributed by atoms with Crippen LogP contribution >= 0.6 is 31.9 Å². The summed E-state index contributed by atoms with van der Waals surface area (Å²) in [5, 5.41) is 1.15. The lowest BCUT2D eigenvalue weighted by Gasteiger charge is -2.19. The summed E-state index contributed by atoms with van der Waals surface area (Å²) in [5.41, 5.74) is 2.50. The highest BCUT2D eigenvalue weighted by molar-refractivity contribution is 9.13. The zero-order valence-corrected chi connectivity index (χ0v) is 12.7. The molecule has 2 aromatic rings. The van der Waals surface area contributed by atoms with Gasteiger partial charge in [0.1, 0.15) is 0 Å². The van der Waals surface area contributed by atoms with E-state index in [4.69, 9.17) is 0 Å². The number of nitrogens with zero attached hydrogens (tertiary/aromatic N) is 1. The van der Waals surface area contributed by atoms with Crippen LogP contribution in [0.15, 0.2) is 33.3 Å². The fourth-order valence-corrected chi connectivity index (χ4v) is 2.34. The van der Waals surface area contributed by atoms with Crippen LogP contribution in [0.4, 0.5) is 0 Å². The molecule has 0 unspecified atom stereocenters. The Hall–Kier alpha value is -0.410. The first-order chi connectivity index (χ1) is 7.39. The molecule has 1 nitrogen and oxygen atoms in total. The summed E-state index contributed by atoms with van der Waals surface area (Å²) in [4.78, 5) is 4.39. The number of aromatic nitrogens is 1. The molecule has 1 aromatic carbocycles. The van der Waals surface area contributed by atoms with Gasteiger partial charge in [-0.1, -0.05) is 26.8 Å². The first kappa shape index (κ1) is 12.1. The van der Waals surface area contributed by atoms with Crippen molar-refractivity contribution in [3.8, 4) is 0 Å². The molecule has 0 aliphatic rings. The van der Waals surface area contributed by atoms with E-state index in [9.17, 15) is 0 Å². The zero-order chi connectivity index (χ0) is 11.9. The van der Waals surface area contributed by atoms with Gasteiger partial charge in [-0.15, -0.1) is 0 Å². The van der Waals surface area contributed by atoms with Crippen LogP contribution in [0.3, 0.4) is 0 Å². The van der Waals surface area contributed by atoms with Crippen LogP contribution in [-0.2, 0) is 5.41 Å². The zero-order valence-electron chi connectivity index (χ0n) is 9.51. The van der Waals surface area contributed by atoms with E-state index in [0.29, 0.717) is 0 Å². The number of fused-ring (bicyclic) bond motifs is 1. The summed E-state index contributed by atoms with van der Waals surface area (Å²) >= 11 is 7.08. The van der Waals surface area contributed by atoms with Crippen LogP contribution in [0.25, 0.3) is 10.9 Å². The Morgan fingerprint density at radius 2 is 1.81 bits per heavy atom. The van der Waals surface area contributed by atoms with E-state index in [-0.39, 0.29) is 5.41 Å². The van der Waals surface area contributed by atoms with Gasteiger partial charge in [-0.2, -0.15) is 0 Å². The number of halogens is 2. The molecule has 0 bridgehead atoms. The molecule has 0 spiro atoms. The number of rotatable bonds is 0. The Kier molecular flexibility index (Phi) is 3.10. The molecular weight excluding hydrogens is 330 g/mol. The molecular formula is C13H13Br2N. The summed E-state index contributed by atoms with van der Waals surface area (Å²) < 4.78 is 2.06.